The van der Waals surface area contributed by atoms with Crippen LogP contribution in [-0.4, -0.2) is 22.9 Å². The van der Waals surface area contributed by atoms with Gasteiger partial charge in [0.1, 0.15) is 0 Å². The minimum absolute atomic E-state index is 0.0221. The van der Waals surface area contributed by atoms with Gasteiger partial charge in [0, 0.05) is 24.7 Å². The number of aryl methyl sites for hydroxylation is 1. The van der Waals surface area contributed by atoms with Crippen LogP contribution < -0.4 is 10.6 Å². The van der Waals surface area contributed by atoms with Gasteiger partial charge in [-0.05, 0) is 37.5 Å². The molecule has 2 rings (SSSR count). The maximum Gasteiger partial charge on any atom is 0.310 e. The smallest absolute Gasteiger partial charge is 0.310 e. The van der Waals surface area contributed by atoms with Gasteiger partial charge in [-0.3, -0.25) is 14.4 Å². The number of nitrogens with one attached hydrogen (secondary N) is 2. The predicted molar refractivity (Wildman–Crippen MR) is 82.6 cm³/mol. The summed E-state index contributed by atoms with van der Waals surface area (Å²) in [4.78, 5) is 34.5. The number of amides is 2. The van der Waals surface area contributed by atoms with Crippen LogP contribution in [0.1, 0.15) is 38.2 Å². The van der Waals surface area contributed by atoms with E-state index in [1.165, 1.54) is 6.92 Å². The van der Waals surface area contributed by atoms with E-state index in [2.05, 4.69) is 10.6 Å². The first-order chi connectivity index (χ1) is 10.3. The molecule has 0 atom stereocenters. The van der Waals surface area contributed by atoms with Crippen molar-refractivity contribution in [2.75, 3.05) is 10.6 Å². The highest BCUT2D eigenvalue weighted by Crippen LogP contribution is 2.44. The molecule has 118 valence electrons. The van der Waals surface area contributed by atoms with Gasteiger partial charge in [0.2, 0.25) is 11.8 Å². The largest absolute Gasteiger partial charge is 0.481 e. The van der Waals surface area contributed by atoms with Crippen molar-refractivity contribution in [2.45, 2.75) is 39.5 Å². The Labute approximate surface area is 128 Å². The van der Waals surface area contributed by atoms with Gasteiger partial charge in [-0.15, -0.1) is 0 Å². The zero-order chi connectivity index (χ0) is 16.3. The molecule has 1 saturated carbocycles. The van der Waals surface area contributed by atoms with Crippen molar-refractivity contribution < 1.29 is 19.5 Å². The molecule has 2 amide bonds. The van der Waals surface area contributed by atoms with E-state index >= 15 is 0 Å². The quantitative estimate of drug-likeness (QED) is 0.779. The van der Waals surface area contributed by atoms with Gasteiger partial charge in [-0.1, -0.05) is 12.5 Å². The highest BCUT2D eigenvalue weighted by atomic mass is 16.4. The summed E-state index contributed by atoms with van der Waals surface area (Å²) in [5, 5.41) is 14.7. The van der Waals surface area contributed by atoms with Crippen molar-refractivity contribution in [1.29, 1.82) is 0 Å². The number of rotatable bonds is 5. The van der Waals surface area contributed by atoms with Gasteiger partial charge in [0.15, 0.2) is 0 Å². The highest BCUT2D eigenvalue weighted by Gasteiger charge is 2.45. The lowest BCUT2D eigenvalue weighted by Gasteiger charge is -2.36. The molecule has 22 heavy (non-hydrogen) atoms. The maximum atomic E-state index is 12.1. The Morgan fingerprint density at radius 3 is 2.41 bits per heavy atom. The maximum absolute atomic E-state index is 12.1. The molecule has 1 aliphatic carbocycles. The Morgan fingerprint density at radius 1 is 1.23 bits per heavy atom. The van der Waals surface area contributed by atoms with E-state index in [-0.39, 0.29) is 18.2 Å². The van der Waals surface area contributed by atoms with Crippen LogP contribution in [0.25, 0.3) is 0 Å². The summed E-state index contributed by atoms with van der Waals surface area (Å²) >= 11 is 0. The lowest BCUT2D eigenvalue weighted by atomic mass is 9.66. The van der Waals surface area contributed by atoms with Crippen LogP contribution in [0.5, 0.6) is 0 Å². The molecule has 6 heteroatoms. The van der Waals surface area contributed by atoms with Crippen LogP contribution >= 0.6 is 0 Å². The van der Waals surface area contributed by atoms with Crippen LogP contribution in [0.3, 0.4) is 0 Å². The van der Waals surface area contributed by atoms with Crippen LogP contribution in [0.4, 0.5) is 11.4 Å². The molecule has 0 bridgehead atoms. The second-order valence-corrected chi connectivity index (χ2v) is 5.87. The van der Waals surface area contributed by atoms with Crippen molar-refractivity contribution in [3.8, 4) is 0 Å². The first kappa shape index (κ1) is 16.0. The molecular weight excluding hydrogens is 284 g/mol. The van der Waals surface area contributed by atoms with Gasteiger partial charge in [-0.2, -0.15) is 0 Å². The third kappa shape index (κ3) is 3.44. The fourth-order valence-corrected chi connectivity index (χ4v) is 2.61. The van der Waals surface area contributed by atoms with E-state index in [9.17, 15) is 19.5 Å². The Bertz CT molecular complexity index is 621. The van der Waals surface area contributed by atoms with E-state index in [1.54, 1.807) is 18.2 Å². The normalized spacial score (nSPS) is 15.5. The van der Waals surface area contributed by atoms with Crippen molar-refractivity contribution in [3.63, 3.8) is 0 Å². The number of carboxylic acid groups (broad SMARTS) is 1. The van der Waals surface area contributed by atoms with Crippen LogP contribution in [0, 0.1) is 12.3 Å². The molecule has 0 unspecified atom stereocenters. The molecule has 0 radical (unpaired) electrons. The zero-order valence-corrected chi connectivity index (χ0v) is 12.7. The lowest BCUT2D eigenvalue weighted by Crippen LogP contribution is -2.41. The molecule has 0 aromatic heterocycles. The van der Waals surface area contributed by atoms with Crippen LogP contribution in [0.2, 0.25) is 0 Å². The first-order valence-electron chi connectivity index (χ1n) is 7.24. The van der Waals surface area contributed by atoms with Crippen molar-refractivity contribution >= 4 is 29.2 Å². The number of carbonyl (C=O) groups is 3. The van der Waals surface area contributed by atoms with Gasteiger partial charge >= 0.3 is 5.97 Å². The van der Waals surface area contributed by atoms with Gasteiger partial charge in [-0.25, -0.2) is 0 Å². The number of benzene rings is 1. The molecule has 0 spiro atoms. The van der Waals surface area contributed by atoms with Gasteiger partial charge < -0.3 is 15.7 Å². The number of aliphatic carboxylic acids is 1. The molecule has 0 heterocycles. The summed E-state index contributed by atoms with van der Waals surface area (Å²) in [7, 11) is 0. The molecule has 6 nitrogen and oxygen atoms in total. The van der Waals surface area contributed by atoms with Gasteiger partial charge in [0.05, 0.1) is 5.41 Å². The Balaban J connectivity index is 2.05. The third-order valence-corrected chi connectivity index (χ3v) is 4.10. The summed E-state index contributed by atoms with van der Waals surface area (Å²) in [6.07, 6.45) is 1.91. The summed E-state index contributed by atoms with van der Waals surface area (Å²) in [5.74, 6) is -1.41. The summed E-state index contributed by atoms with van der Waals surface area (Å²) in [5.41, 5.74) is 1.14. The average Bonchev–Trinajstić information content (AvgIpc) is 2.37. The number of hydrogen-bond donors (Lipinski definition) is 3. The van der Waals surface area contributed by atoms with E-state index < -0.39 is 11.4 Å². The number of anilines is 2. The Kier molecular flexibility index (Phi) is 4.49. The van der Waals surface area contributed by atoms with Crippen molar-refractivity contribution in [2.24, 2.45) is 5.41 Å². The average molecular weight is 304 g/mol. The molecule has 0 saturated heterocycles. The summed E-state index contributed by atoms with van der Waals surface area (Å²) in [6.45, 7) is 3.27. The Morgan fingerprint density at radius 2 is 1.91 bits per heavy atom. The van der Waals surface area contributed by atoms with Crippen molar-refractivity contribution in [3.05, 3.63) is 23.8 Å². The lowest BCUT2D eigenvalue weighted by molar-refractivity contribution is -0.157. The van der Waals surface area contributed by atoms with Crippen LogP contribution in [0.15, 0.2) is 18.2 Å². The minimum atomic E-state index is -0.907. The topological polar surface area (TPSA) is 95.5 Å². The SMILES string of the molecule is CC(=O)Nc1cc(NC(=O)CC2(C(=O)O)CCC2)ccc1C. The number of carbonyl (C=O) groups excluding carboxylic acids is 2. The number of carboxylic acids is 1. The summed E-state index contributed by atoms with van der Waals surface area (Å²) in [6, 6.07) is 5.19. The fourth-order valence-electron chi connectivity index (χ4n) is 2.61. The second-order valence-electron chi connectivity index (χ2n) is 5.87. The van der Waals surface area contributed by atoms with Gasteiger partial charge in [0.25, 0.3) is 0 Å². The minimum Gasteiger partial charge on any atom is -0.481 e. The van der Waals surface area contributed by atoms with E-state index in [1.807, 2.05) is 6.92 Å². The standard InChI is InChI=1S/C16H20N2O4/c1-10-4-5-12(8-13(10)17-11(2)19)18-14(20)9-16(15(21)22)6-3-7-16/h4-5,8H,3,6-7,9H2,1-2H3,(H,17,19)(H,18,20)(H,21,22). The highest BCUT2D eigenvalue weighted by molar-refractivity contribution is 5.96. The number of hydrogen-bond acceptors (Lipinski definition) is 3. The molecule has 0 aliphatic heterocycles. The predicted octanol–water partition coefficient (Wildman–Crippen LogP) is 2.54. The zero-order valence-electron chi connectivity index (χ0n) is 12.7. The molecule has 1 aromatic rings. The van der Waals surface area contributed by atoms with E-state index in [0.29, 0.717) is 24.2 Å². The van der Waals surface area contributed by atoms with Crippen molar-refractivity contribution in [1.82, 2.24) is 0 Å². The van der Waals surface area contributed by atoms with Crippen LogP contribution in [-0.2, 0) is 14.4 Å². The molecular formula is C16H20N2O4. The molecule has 1 aromatic carbocycles. The fraction of sp³-hybridized carbons (Fsp3) is 0.438. The Hall–Kier alpha value is -2.37. The molecule has 1 fully saturated rings. The first-order valence-corrected chi connectivity index (χ1v) is 7.24. The monoisotopic (exact) mass is 304 g/mol. The van der Waals surface area contributed by atoms with E-state index in [4.69, 9.17) is 0 Å². The molecule has 3 N–H and O–H groups in total. The third-order valence-electron chi connectivity index (χ3n) is 4.10. The summed E-state index contributed by atoms with van der Waals surface area (Å²) < 4.78 is 0. The molecule has 1 aliphatic rings. The van der Waals surface area contributed by atoms with E-state index in [0.717, 1.165) is 12.0 Å². The second kappa shape index (κ2) is 6.17.